The number of nitrogens with one attached hydrogen (secondary N) is 1. The third kappa shape index (κ3) is 2.39. The molecule has 0 aliphatic carbocycles. The average Bonchev–Trinajstić information content (AvgIpc) is 2.72. The molecule has 98 valence electrons. The third-order valence-electron chi connectivity index (χ3n) is 2.76. The highest BCUT2D eigenvalue weighted by molar-refractivity contribution is 7.18. The second kappa shape index (κ2) is 5.49. The number of thiophene rings is 1. The molecule has 0 atom stereocenters. The summed E-state index contributed by atoms with van der Waals surface area (Å²) in [6.07, 6.45) is 2.33. The van der Waals surface area contributed by atoms with Crippen molar-refractivity contribution in [3.63, 3.8) is 0 Å². The monoisotopic (exact) mass is 268 g/mol. The first-order valence-corrected chi connectivity index (χ1v) is 6.85. The minimum atomic E-state index is -0.397. The largest absolute Gasteiger partial charge is 0.396 e. The summed E-state index contributed by atoms with van der Waals surface area (Å²) in [5.74, 6) is 0. The molecule has 0 aliphatic heterocycles. The first kappa shape index (κ1) is 13.0. The van der Waals surface area contributed by atoms with Gasteiger partial charge in [-0.25, -0.2) is 4.79 Å². The van der Waals surface area contributed by atoms with E-state index in [1.54, 1.807) is 0 Å². The highest BCUT2D eigenvalue weighted by Gasteiger charge is 2.10. The van der Waals surface area contributed by atoms with E-state index in [-0.39, 0.29) is 18.7 Å². The van der Waals surface area contributed by atoms with Gasteiger partial charge in [0.05, 0.1) is 5.39 Å². The Morgan fingerprint density at radius 2 is 2.22 bits per heavy atom. The number of aromatic amines is 1. The summed E-state index contributed by atoms with van der Waals surface area (Å²) in [6, 6.07) is 1.86. The lowest BCUT2D eigenvalue weighted by atomic mass is 10.2. The van der Waals surface area contributed by atoms with Crippen molar-refractivity contribution in [3.8, 4) is 0 Å². The zero-order valence-corrected chi connectivity index (χ0v) is 11.0. The summed E-state index contributed by atoms with van der Waals surface area (Å²) in [7, 11) is 0. The smallest absolute Gasteiger partial charge is 0.329 e. The second-order valence-corrected chi connectivity index (χ2v) is 5.31. The van der Waals surface area contributed by atoms with Gasteiger partial charge in [0.1, 0.15) is 4.83 Å². The SMILES string of the molecule is CCCc1cc2c(=O)n(CCCO)c(=O)[nH]c2s1. The van der Waals surface area contributed by atoms with Crippen LogP contribution in [0.2, 0.25) is 0 Å². The van der Waals surface area contributed by atoms with Gasteiger partial charge in [0.2, 0.25) is 0 Å². The Labute approximate surface area is 108 Å². The molecule has 0 saturated heterocycles. The average molecular weight is 268 g/mol. The van der Waals surface area contributed by atoms with Crippen LogP contribution in [0.4, 0.5) is 0 Å². The summed E-state index contributed by atoms with van der Waals surface area (Å²) in [5, 5.41) is 9.34. The molecule has 2 heterocycles. The second-order valence-electron chi connectivity index (χ2n) is 4.17. The van der Waals surface area contributed by atoms with Crippen molar-refractivity contribution >= 4 is 21.6 Å². The predicted octanol–water partition coefficient (Wildman–Crippen LogP) is 1.09. The van der Waals surface area contributed by atoms with E-state index >= 15 is 0 Å². The highest BCUT2D eigenvalue weighted by atomic mass is 32.1. The Hall–Kier alpha value is -1.40. The quantitative estimate of drug-likeness (QED) is 0.852. The normalized spacial score (nSPS) is 11.2. The molecule has 2 aromatic rings. The molecule has 2 aromatic heterocycles. The molecule has 0 amide bonds. The molecule has 0 aliphatic rings. The Kier molecular flexibility index (Phi) is 3.98. The van der Waals surface area contributed by atoms with Crippen LogP contribution in [-0.2, 0) is 13.0 Å². The molecule has 0 spiro atoms. The van der Waals surface area contributed by atoms with Gasteiger partial charge < -0.3 is 5.11 Å². The van der Waals surface area contributed by atoms with Crippen molar-refractivity contribution in [1.29, 1.82) is 0 Å². The number of fused-ring (bicyclic) bond motifs is 1. The van der Waals surface area contributed by atoms with Crippen molar-refractivity contribution in [2.45, 2.75) is 32.7 Å². The zero-order valence-electron chi connectivity index (χ0n) is 10.2. The fourth-order valence-corrected chi connectivity index (χ4v) is 3.04. The molecule has 18 heavy (non-hydrogen) atoms. The minimum absolute atomic E-state index is 0.0331. The van der Waals surface area contributed by atoms with Crippen molar-refractivity contribution < 1.29 is 5.11 Å². The van der Waals surface area contributed by atoms with Gasteiger partial charge in [-0.2, -0.15) is 0 Å². The lowest BCUT2D eigenvalue weighted by molar-refractivity contribution is 0.278. The molecule has 2 rings (SSSR count). The lowest BCUT2D eigenvalue weighted by Gasteiger charge is -2.02. The predicted molar refractivity (Wildman–Crippen MR) is 72.4 cm³/mol. The van der Waals surface area contributed by atoms with Crippen molar-refractivity contribution in [1.82, 2.24) is 9.55 Å². The number of aliphatic hydroxyl groups is 1. The van der Waals surface area contributed by atoms with Gasteiger partial charge in [-0.15, -0.1) is 11.3 Å². The topological polar surface area (TPSA) is 75.1 Å². The van der Waals surface area contributed by atoms with E-state index in [2.05, 4.69) is 11.9 Å². The molecular formula is C12H16N2O3S. The van der Waals surface area contributed by atoms with Crippen LogP contribution in [0.5, 0.6) is 0 Å². The van der Waals surface area contributed by atoms with Gasteiger partial charge in [-0.3, -0.25) is 14.3 Å². The van der Waals surface area contributed by atoms with Gasteiger partial charge in [0.15, 0.2) is 0 Å². The molecule has 0 unspecified atom stereocenters. The van der Waals surface area contributed by atoms with Crippen LogP contribution >= 0.6 is 11.3 Å². The van der Waals surface area contributed by atoms with E-state index in [9.17, 15) is 9.59 Å². The Bertz CT molecular complexity index is 653. The number of nitrogens with zero attached hydrogens (tertiary/aromatic N) is 1. The molecule has 0 saturated carbocycles. The van der Waals surface area contributed by atoms with E-state index in [4.69, 9.17) is 5.11 Å². The first-order valence-electron chi connectivity index (χ1n) is 6.03. The summed E-state index contributed by atoms with van der Waals surface area (Å²) in [4.78, 5) is 28.4. The highest BCUT2D eigenvalue weighted by Crippen LogP contribution is 2.21. The Balaban J connectivity index is 2.54. The zero-order chi connectivity index (χ0) is 13.1. The number of aliphatic hydroxyl groups excluding tert-OH is 1. The number of hydrogen-bond donors (Lipinski definition) is 2. The molecular weight excluding hydrogens is 252 g/mol. The van der Waals surface area contributed by atoms with Gasteiger partial charge in [-0.05, 0) is 18.9 Å². The van der Waals surface area contributed by atoms with Gasteiger partial charge in [0, 0.05) is 18.0 Å². The Morgan fingerprint density at radius 1 is 1.44 bits per heavy atom. The van der Waals surface area contributed by atoms with Crippen LogP contribution in [0, 0.1) is 0 Å². The Morgan fingerprint density at radius 3 is 2.89 bits per heavy atom. The number of aryl methyl sites for hydroxylation is 1. The molecule has 5 nitrogen and oxygen atoms in total. The van der Waals surface area contributed by atoms with Gasteiger partial charge >= 0.3 is 5.69 Å². The maximum Gasteiger partial charge on any atom is 0.329 e. The van der Waals surface area contributed by atoms with E-state index in [0.717, 1.165) is 22.3 Å². The van der Waals surface area contributed by atoms with E-state index < -0.39 is 5.69 Å². The maximum atomic E-state index is 12.1. The van der Waals surface area contributed by atoms with Crippen LogP contribution in [0.1, 0.15) is 24.6 Å². The summed E-state index contributed by atoms with van der Waals surface area (Å²) in [6.45, 7) is 2.29. The van der Waals surface area contributed by atoms with E-state index in [1.165, 1.54) is 11.3 Å². The van der Waals surface area contributed by atoms with Crippen molar-refractivity contribution in [2.75, 3.05) is 6.61 Å². The molecule has 6 heteroatoms. The standard InChI is InChI=1S/C12H16N2O3S/c1-2-4-8-7-9-10(18-8)13-12(17)14(11(9)16)5-3-6-15/h7,15H,2-6H2,1H3,(H,13,17). The fourth-order valence-electron chi connectivity index (χ4n) is 1.90. The molecule has 0 aromatic carbocycles. The molecule has 0 radical (unpaired) electrons. The van der Waals surface area contributed by atoms with Gasteiger partial charge in [-0.1, -0.05) is 13.3 Å². The minimum Gasteiger partial charge on any atom is -0.396 e. The number of hydrogen-bond acceptors (Lipinski definition) is 4. The van der Waals surface area contributed by atoms with E-state index in [0.29, 0.717) is 16.6 Å². The summed E-state index contributed by atoms with van der Waals surface area (Å²) >= 11 is 1.46. The van der Waals surface area contributed by atoms with Crippen LogP contribution in [0.3, 0.4) is 0 Å². The first-order chi connectivity index (χ1) is 8.67. The van der Waals surface area contributed by atoms with Crippen molar-refractivity contribution in [3.05, 3.63) is 31.8 Å². The van der Waals surface area contributed by atoms with Crippen molar-refractivity contribution in [2.24, 2.45) is 0 Å². The van der Waals surface area contributed by atoms with Crippen LogP contribution in [0.15, 0.2) is 15.7 Å². The van der Waals surface area contributed by atoms with Crippen LogP contribution in [-0.4, -0.2) is 21.3 Å². The molecule has 2 N–H and O–H groups in total. The van der Waals surface area contributed by atoms with Crippen LogP contribution < -0.4 is 11.2 Å². The third-order valence-corrected chi connectivity index (χ3v) is 3.87. The summed E-state index contributed by atoms with van der Waals surface area (Å²) in [5.41, 5.74) is -0.661. The fraction of sp³-hybridized carbons (Fsp3) is 0.500. The molecule has 0 fully saturated rings. The molecule has 0 bridgehead atoms. The number of H-pyrrole nitrogens is 1. The maximum absolute atomic E-state index is 12.1. The number of rotatable bonds is 5. The van der Waals surface area contributed by atoms with E-state index in [1.807, 2.05) is 6.07 Å². The van der Waals surface area contributed by atoms with Crippen LogP contribution in [0.25, 0.3) is 10.2 Å². The van der Waals surface area contributed by atoms with Gasteiger partial charge in [0.25, 0.3) is 5.56 Å². The number of aromatic nitrogens is 2. The lowest BCUT2D eigenvalue weighted by Crippen LogP contribution is -2.34. The summed E-state index contributed by atoms with van der Waals surface area (Å²) < 4.78 is 1.15.